The largest absolute Gasteiger partial charge is 0.478 e. The Morgan fingerprint density at radius 2 is 1.58 bits per heavy atom. The molecular formula is C26H25NO5S. The minimum absolute atomic E-state index is 0.0816. The van der Waals surface area contributed by atoms with Crippen molar-refractivity contribution in [2.45, 2.75) is 37.2 Å². The maximum atomic E-state index is 13.9. The van der Waals surface area contributed by atoms with Crippen LogP contribution in [0.2, 0.25) is 0 Å². The number of carboxylic acids is 1. The van der Waals surface area contributed by atoms with Crippen LogP contribution < -0.4 is 0 Å². The number of aliphatic hydroxyl groups is 1. The third-order valence-corrected chi connectivity index (χ3v) is 7.42. The van der Waals surface area contributed by atoms with Crippen molar-refractivity contribution in [2.24, 2.45) is 0 Å². The Kier molecular flexibility index (Phi) is 5.64. The molecule has 0 saturated carbocycles. The number of para-hydroxylation sites is 1. The average Bonchev–Trinajstić information content (AvgIpc) is 3.18. The lowest BCUT2D eigenvalue weighted by Crippen LogP contribution is -2.19. The lowest BCUT2D eigenvalue weighted by atomic mass is 9.87. The van der Waals surface area contributed by atoms with E-state index in [9.17, 15) is 18.3 Å². The number of hydrogen-bond donors (Lipinski definition) is 2. The number of carbonyl (C=O) groups is 1. The first-order valence-corrected chi connectivity index (χ1v) is 11.9. The van der Waals surface area contributed by atoms with Gasteiger partial charge in [-0.3, -0.25) is 0 Å². The molecule has 0 aliphatic heterocycles. The van der Waals surface area contributed by atoms with Crippen LogP contribution in [0.3, 0.4) is 0 Å². The lowest BCUT2D eigenvalue weighted by molar-refractivity contribution is 0.0696. The summed E-state index contributed by atoms with van der Waals surface area (Å²) in [6.45, 7) is 6.04. The summed E-state index contributed by atoms with van der Waals surface area (Å²) in [6.07, 6.45) is -1.28. The Morgan fingerprint density at radius 1 is 0.909 bits per heavy atom. The zero-order chi connectivity index (χ0) is 24.0. The maximum Gasteiger partial charge on any atom is 0.335 e. The number of aromatic nitrogens is 1. The quantitative estimate of drug-likeness (QED) is 0.436. The fourth-order valence-electron chi connectivity index (χ4n) is 3.82. The van der Waals surface area contributed by atoms with Crippen LogP contribution in [0.4, 0.5) is 0 Å². The van der Waals surface area contributed by atoms with Gasteiger partial charge in [-0.05, 0) is 52.9 Å². The topological polar surface area (TPSA) is 96.6 Å². The molecule has 1 aromatic heterocycles. The van der Waals surface area contributed by atoms with E-state index in [1.807, 2.05) is 26.8 Å². The number of carboxylic acid groups (broad SMARTS) is 1. The molecule has 0 fully saturated rings. The summed E-state index contributed by atoms with van der Waals surface area (Å²) in [5.41, 5.74) is 1.75. The van der Waals surface area contributed by atoms with Gasteiger partial charge >= 0.3 is 5.97 Å². The first kappa shape index (κ1) is 22.8. The molecule has 4 rings (SSSR count). The summed E-state index contributed by atoms with van der Waals surface area (Å²) in [5.74, 6) is -1.08. The van der Waals surface area contributed by atoms with Gasteiger partial charge in [0, 0.05) is 5.39 Å². The van der Waals surface area contributed by atoms with Crippen molar-refractivity contribution in [3.05, 3.63) is 101 Å². The summed E-state index contributed by atoms with van der Waals surface area (Å²) < 4.78 is 28.9. The Morgan fingerprint density at radius 3 is 2.21 bits per heavy atom. The van der Waals surface area contributed by atoms with Crippen LogP contribution in [0.15, 0.2) is 83.8 Å². The van der Waals surface area contributed by atoms with Gasteiger partial charge in [-0.15, -0.1) is 0 Å². The summed E-state index contributed by atoms with van der Waals surface area (Å²) >= 11 is 0. The van der Waals surface area contributed by atoms with Crippen molar-refractivity contribution in [1.82, 2.24) is 3.97 Å². The van der Waals surface area contributed by atoms with Gasteiger partial charge in [0.2, 0.25) is 0 Å². The average molecular weight is 464 g/mol. The Balaban J connectivity index is 1.91. The van der Waals surface area contributed by atoms with Crippen LogP contribution in [0.25, 0.3) is 10.9 Å². The van der Waals surface area contributed by atoms with Crippen LogP contribution in [0, 0.1) is 0 Å². The van der Waals surface area contributed by atoms with E-state index < -0.39 is 22.1 Å². The molecule has 33 heavy (non-hydrogen) atoms. The predicted molar refractivity (Wildman–Crippen MR) is 127 cm³/mol. The second-order valence-electron chi connectivity index (χ2n) is 9.00. The van der Waals surface area contributed by atoms with Gasteiger partial charge in [-0.2, -0.15) is 0 Å². The van der Waals surface area contributed by atoms with Crippen molar-refractivity contribution < 1.29 is 23.4 Å². The number of rotatable bonds is 5. The van der Waals surface area contributed by atoms with Crippen LogP contribution in [-0.2, 0) is 15.4 Å². The second-order valence-corrected chi connectivity index (χ2v) is 10.8. The fourth-order valence-corrected chi connectivity index (χ4v) is 5.41. The normalized spacial score (nSPS) is 13.2. The molecule has 4 aromatic rings. The van der Waals surface area contributed by atoms with Gasteiger partial charge in [-0.1, -0.05) is 63.2 Å². The van der Waals surface area contributed by atoms with Crippen molar-refractivity contribution in [1.29, 1.82) is 0 Å². The van der Waals surface area contributed by atoms with Crippen LogP contribution in [-0.4, -0.2) is 28.6 Å². The Hall–Kier alpha value is -3.42. The SMILES string of the molecule is CC(C)(C)c1cccc(S(=O)(=O)n2c(C(O)c3ccc(C(=O)O)cc3)cc3ccccc32)c1. The molecular weight excluding hydrogens is 438 g/mol. The molecule has 0 spiro atoms. The third kappa shape index (κ3) is 4.17. The van der Waals surface area contributed by atoms with Crippen molar-refractivity contribution in [3.8, 4) is 0 Å². The van der Waals surface area contributed by atoms with Crippen molar-refractivity contribution >= 4 is 26.9 Å². The smallest absolute Gasteiger partial charge is 0.335 e. The molecule has 0 amide bonds. The van der Waals surface area contributed by atoms with Gasteiger partial charge in [0.1, 0.15) is 6.10 Å². The maximum absolute atomic E-state index is 13.9. The van der Waals surface area contributed by atoms with Crippen LogP contribution >= 0.6 is 0 Å². The van der Waals surface area contributed by atoms with E-state index in [4.69, 9.17) is 5.11 Å². The van der Waals surface area contributed by atoms with E-state index in [1.54, 1.807) is 48.5 Å². The van der Waals surface area contributed by atoms with Gasteiger partial charge in [0.25, 0.3) is 10.0 Å². The van der Waals surface area contributed by atoms with E-state index >= 15 is 0 Å². The summed E-state index contributed by atoms with van der Waals surface area (Å²) in [6, 6.07) is 21.3. The zero-order valence-electron chi connectivity index (χ0n) is 18.6. The first-order valence-electron chi connectivity index (χ1n) is 10.5. The number of hydrogen-bond acceptors (Lipinski definition) is 4. The zero-order valence-corrected chi connectivity index (χ0v) is 19.4. The number of nitrogens with zero attached hydrogens (tertiary/aromatic N) is 1. The van der Waals surface area contributed by atoms with E-state index in [0.717, 1.165) is 5.56 Å². The summed E-state index contributed by atoms with van der Waals surface area (Å²) in [5, 5.41) is 21.0. The second kappa shape index (κ2) is 8.17. The summed E-state index contributed by atoms with van der Waals surface area (Å²) in [4.78, 5) is 11.3. The number of fused-ring (bicyclic) bond motifs is 1. The Bertz CT molecular complexity index is 1440. The molecule has 1 unspecified atom stereocenters. The molecule has 0 aliphatic carbocycles. The van der Waals surface area contributed by atoms with Crippen LogP contribution in [0.1, 0.15) is 54.1 Å². The molecule has 7 heteroatoms. The summed E-state index contributed by atoms with van der Waals surface area (Å²) in [7, 11) is -4.05. The van der Waals surface area contributed by atoms with E-state index in [2.05, 4.69) is 0 Å². The van der Waals surface area contributed by atoms with Gasteiger partial charge in [0.15, 0.2) is 0 Å². The predicted octanol–water partition coefficient (Wildman–Crippen LogP) is 4.96. The molecule has 1 atom stereocenters. The Labute approximate surface area is 192 Å². The monoisotopic (exact) mass is 463 g/mol. The highest BCUT2D eigenvalue weighted by atomic mass is 32.2. The molecule has 0 saturated heterocycles. The first-order chi connectivity index (χ1) is 15.5. The number of aromatic carboxylic acids is 1. The highest BCUT2D eigenvalue weighted by Gasteiger charge is 2.28. The van der Waals surface area contributed by atoms with Crippen LogP contribution in [0.5, 0.6) is 0 Å². The molecule has 6 nitrogen and oxygen atoms in total. The number of benzene rings is 3. The van der Waals surface area contributed by atoms with Gasteiger partial charge in [-0.25, -0.2) is 17.2 Å². The molecule has 2 N–H and O–H groups in total. The molecule has 0 aliphatic rings. The fraction of sp³-hybridized carbons (Fsp3) is 0.192. The molecule has 0 bridgehead atoms. The molecule has 1 heterocycles. The standard InChI is InChI=1S/C26H25NO5S/c1-26(2,3)20-8-6-9-21(16-20)33(31,32)27-22-10-5-4-7-19(22)15-23(27)24(28)17-11-13-18(14-12-17)25(29)30/h4-16,24,28H,1-3H3,(H,29,30). The van der Waals surface area contributed by atoms with Crippen molar-refractivity contribution in [3.63, 3.8) is 0 Å². The number of aliphatic hydroxyl groups excluding tert-OH is 1. The third-order valence-electron chi connectivity index (χ3n) is 5.69. The van der Waals surface area contributed by atoms with E-state index in [0.29, 0.717) is 16.5 Å². The van der Waals surface area contributed by atoms with E-state index in [-0.39, 0.29) is 21.6 Å². The van der Waals surface area contributed by atoms with Crippen molar-refractivity contribution in [2.75, 3.05) is 0 Å². The highest BCUT2D eigenvalue weighted by molar-refractivity contribution is 7.90. The van der Waals surface area contributed by atoms with Gasteiger partial charge < -0.3 is 10.2 Å². The molecule has 3 aromatic carbocycles. The minimum Gasteiger partial charge on any atom is -0.478 e. The molecule has 170 valence electrons. The molecule has 0 radical (unpaired) electrons. The van der Waals surface area contributed by atoms with E-state index in [1.165, 1.54) is 28.2 Å². The minimum atomic E-state index is -4.05. The van der Waals surface area contributed by atoms with Gasteiger partial charge in [0.05, 0.1) is 21.7 Å². The lowest BCUT2D eigenvalue weighted by Gasteiger charge is -2.21. The highest BCUT2D eigenvalue weighted by Crippen LogP contribution is 2.33.